The lowest BCUT2D eigenvalue weighted by atomic mass is 10.1. The molecule has 0 aliphatic rings. The Hall–Kier alpha value is -0.900. The summed E-state index contributed by atoms with van der Waals surface area (Å²) in [7, 11) is 0. The van der Waals surface area contributed by atoms with E-state index in [4.69, 9.17) is 0 Å². The van der Waals surface area contributed by atoms with E-state index in [0.29, 0.717) is 0 Å². The molecular formula is C10H19N3O. The molecule has 0 aromatic carbocycles. The SMILES string of the molecule is CCCC(C)CNCCc1ncon1. The summed E-state index contributed by atoms with van der Waals surface area (Å²) < 4.78 is 4.64. The molecule has 1 unspecified atom stereocenters. The molecule has 0 aliphatic carbocycles. The van der Waals surface area contributed by atoms with Crippen LogP contribution in [0, 0.1) is 5.92 Å². The first kappa shape index (κ1) is 11.2. The van der Waals surface area contributed by atoms with Crippen LogP contribution in [0.3, 0.4) is 0 Å². The summed E-state index contributed by atoms with van der Waals surface area (Å²) in [6.45, 7) is 6.49. The minimum absolute atomic E-state index is 0.755. The van der Waals surface area contributed by atoms with Gasteiger partial charge in [0.25, 0.3) is 0 Å². The van der Waals surface area contributed by atoms with Gasteiger partial charge >= 0.3 is 0 Å². The first-order valence-corrected chi connectivity index (χ1v) is 5.29. The van der Waals surface area contributed by atoms with Gasteiger partial charge in [-0.25, -0.2) is 0 Å². The second-order valence-electron chi connectivity index (χ2n) is 3.70. The van der Waals surface area contributed by atoms with Crippen molar-refractivity contribution in [1.29, 1.82) is 0 Å². The van der Waals surface area contributed by atoms with Crippen LogP contribution in [0.4, 0.5) is 0 Å². The van der Waals surface area contributed by atoms with Gasteiger partial charge in [-0.2, -0.15) is 4.98 Å². The molecule has 0 aliphatic heterocycles. The summed E-state index contributed by atoms with van der Waals surface area (Å²) in [4.78, 5) is 3.95. The summed E-state index contributed by atoms with van der Waals surface area (Å²) in [5.74, 6) is 1.53. The van der Waals surface area contributed by atoms with Crippen molar-refractivity contribution in [3.63, 3.8) is 0 Å². The van der Waals surface area contributed by atoms with Gasteiger partial charge in [0, 0.05) is 13.0 Å². The fourth-order valence-corrected chi connectivity index (χ4v) is 1.45. The molecule has 1 rings (SSSR count). The number of nitrogens with zero attached hydrogens (tertiary/aromatic N) is 2. The fourth-order valence-electron chi connectivity index (χ4n) is 1.45. The minimum atomic E-state index is 0.755. The Morgan fingerprint density at radius 3 is 3.07 bits per heavy atom. The third kappa shape index (κ3) is 4.37. The Bertz CT molecular complexity index is 223. The molecule has 0 amide bonds. The zero-order chi connectivity index (χ0) is 10.2. The van der Waals surface area contributed by atoms with Crippen molar-refractivity contribution in [1.82, 2.24) is 15.5 Å². The van der Waals surface area contributed by atoms with Crippen molar-refractivity contribution >= 4 is 0 Å². The quantitative estimate of drug-likeness (QED) is 0.675. The molecule has 1 aromatic heterocycles. The number of rotatable bonds is 7. The van der Waals surface area contributed by atoms with Crippen LogP contribution in [-0.2, 0) is 6.42 Å². The van der Waals surface area contributed by atoms with E-state index in [1.54, 1.807) is 0 Å². The maximum atomic E-state index is 4.64. The van der Waals surface area contributed by atoms with Crippen LogP contribution in [-0.4, -0.2) is 23.2 Å². The summed E-state index contributed by atoms with van der Waals surface area (Å²) in [6.07, 6.45) is 4.76. The Kier molecular flexibility index (Phi) is 5.22. The lowest BCUT2D eigenvalue weighted by molar-refractivity contribution is 0.408. The highest BCUT2D eigenvalue weighted by atomic mass is 16.5. The molecule has 14 heavy (non-hydrogen) atoms. The Balaban J connectivity index is 1.99. The van der Waals surface area contributed by atoms with Crippen molar-refractivity contribution < 1.29 is 4.52 Å². The van der Waals surface area contributed by atoms with Crippen molar-refractivity contribution in [2.45, 2.75) is 33.1 Å². The van der Waals surface area contributed by atoms with Gasteiger partial charge in [0.15, 0.2) is 5.82 Å². The Morgan fingerprint density at radius 1 is 1.57 bits per heavy atom. The van der Waals surface area contributed by atoms with E-state index in [1.165, 1.54) is 19.2 Å². The summed E-state index contributed by atoms with van der Waals surface area (Å²) >= 11 is 0. The highest BCUT2D eigenvalue weighted by Gasteiger charge is 2.01. The van der Waals surface area contributed by atoms with Gasteiger partial charge in [-0.15, -0.1) is 0 Å². The molecule has 4 heteroatoms. The predicted molar refractivity (Wildman–Crippen MR) is 54.9 cm³/mol. The molecule has 0 bridgehead atoms. The molecule has 80 valence electrons. The average Bonchev–Trinajstić information content (AvgIpc) is 2.65. The van der Waals surface area contributed by atoms with Crippen LogP contribution in [0.1, 0.15) is 32.5 Å². The van der Waals surface area contributed by atoms with Gasteiger partial charge < -0.3 is 9.84 Å². The smallest absolute Gasteiger partial charge is 0.213 e. The van der Waals surface area contributed by atoms with Crippen LogP contribution in [0.2, 0.25) is 0 Å². The van der Waals surface area contributed by atoms with Gasteiger partial charge in [0.1, 0.15) is 0 Å². The van der Waals surface area contributed by atoms with Gasteiger partial charge in [-0.05, 0) is 18.9 Å². The van der Waals surface area contributed by atoms with Crippen LogP contribution in [0.5, 0.6) is 0 Å². The van der Waals surface area contributed by atoms with E-state index in [-0.39, 0.29) is 0 Å². The molecule has 4 nitrogen and oxygen atoms in total. The maximum Gasteiger partial charge on any atom is 0.213 e. The van der Waals surface area contributed by atoms with Crippen molar-refractivity contribution in [2.24, 2.45) is 5.92 Å². The highest BCUT2D eigenvalue weighted by molar-refractivity contribution is 4.78. The third-order valence-corrected chi connectivity index (χ3v) is 2.21. The monoisotopic (exact) mass is 197 g/mol. The Labute approximate surface area is 85.1 Å². The number of aromatic nitrogens is 2. The van der Waals surface area contributed by atoms with Gasteiger partial charge in [-0.1, -0.05) is 25.4 Å². The molecule has 0 saturated carbocycles. The standard InChI is InChI=1S/C10H19N3O/c1-3-4-9(2)7-11-6-5-10-12-8-14-13-10/h8-9,11H,3-7H2,1-2H3. The van der Waals surface area contributed by atoms with Crippen LogP contribution >= 0.6 is 0 Å². The average molecular weight is 197 g/mol. The second-order valence-corrected chi connectivity index (χ2v) is 3.70. The lowest BCUT2D eigenvalue weighted by Gasteiger charge is -2.10. The maximum absolute atomic E-state index is 4.64. The number of nitrogens with one attached hydrogen (secondary N) is 1. The second kappa shape index (κ2) is 6.54. The van der Waals surface area contributed by atoms with Gasteiger partial charge in [0.05, 0.1) is 0 Å². The van der Waals surface area contributed by atoms with E-state index >= 15 is 0 Å². The highest BCUT2D eigenvalue weighted by Crippen LogP contribution is 2.02. The minimum Gasteiger partial charge on any atom is -0.343 e. The normalized spacial score (nSPS) is 13.0. The van der Waals surface area contributed by atoms with Crippen molar-refractivity contribution in [2.75, 3.05) is 13.1 Å². The topological polar surface area (TPSA) is 51.0 Å². The molecule has 1 aromatic rings. The van der Waals surface area contributed by atoms with Crippen LogP contribution in [0.15, 0.2) is 10.9 Å². The lowest BCUT2D eigenvalue weighted by Crippen LogP contribution is -2.23. The van der Waals surface area contributed by atoms with E-state index in [0.717, 1.165) is 31.3 Å². The molecule has 1 heterocycles. The van der Waals surface area contributed by atoms with E-state index in [9.17, 15) is 0 Å². The molecule has 0 saturated heterocycles. The molecular weight excluding hydrogens is 178 g/mol. The van der Waals surface area contributed by atoms with E-state index < -0.39 is 0 Å². The molecule has 0 fully saturated rings. The van der Waals surface area contributed by atoms with Crippen molar-refractivity contribution in [3.05, 3.63) is 12.2 Å². The number of hydrogen-bond donors (Lipinski definition) is 1. The zero-order valence-corrected chi connectivity index (χ0v) is 8.99. The summed E-state index contributed by atoms with van der Waals surface area (Å²) in [6, 6.07) is 0. The van der Waals surface area contributed by atoms with Crippen LogP contribution in [0.25, 0.3) is 0 Å². The van der Waals surface area contributed by atoms with Gasteiger partial charge in [-0.3, -0.25) is 0 Å². The zero-order valence-electron chi connectivity index (χ0n) is 8.99. The Morgan fingerprint density at radius 2 is 2.43 bits per heavy atom. The predicted octanol–water partition coefficient (Wildman–Crippen LogP) is 1.64. The number of hydrogen-bond acceptors (Lipinski definition) is 4. The molecule has 1 N–H and O–H groups in total. The van der Waals surface area contributed by atoms with Crippen LogP contribution < -0.4 is 5.32 Å². The first-order valence-electron chi connectivity index (χ1n) is 5.29. The van der Waals surface area contributed by atoms with E-state index in [1.807, 2.05) is 0 Å². The van der Waals surface area contributed by atoms with Crippen molar-refractivity contribution in [3.8, 4) is 0 Å². The largest absolute Gasteiger partial charge is 0.343 e. The first-order chi connectivity index (χ1) is 6.83. The van der Waals surface area contributed by atoms with Gasteiger partial charge in [0.2, 0.25) is 6.39 Å². The molecule has 0 radical (unpaired) electrons. The summed E-state index contributed by atoms with van der Waals surface area (Å²) in [5, 5.41) is 7.13. The fraction of sp³-hybridized carbons (Fsp3) is 0.800. The van der Waals surface area contributed by atoms with E-state index in [2.05, 4.69) is 33.8 Å². The molecule has 1 atom stereocenters. The summed E-state index contributed by atoms with van der Waals surface area (Å²) in [5.41, 5.74) is 0. The third-order valence-electron chi connectivity index (χ3n) is 2.21. The molecule has 0 spiro atoms.